The normalized spacial score (nSPS) is 11.6. The summed E-state index contributed by atoms with van der Waals surface area (Å²) in [6.07, 6.45) is 4.59. The Morgan fingerprint density at radius 1 is 0.909 bits per heavy atom. The molecule has 0 bridgehead atoms. The van der Waals surface area contributed by atoms with Gasteiger partial charge in [0.25, 0.3) is 0 Å². The summed E-state index contributed by atoms with van der Waals surface area (Å²) in [7, 11) is -4.03. The van der Waals surface area contributed by atoms with Crippen molar-refractivity contribution in [2.24, 2.45) is 22.2 Å². The van der Waals surface area contributed by atoms with Crippen LogP contribution in [0.2, 0.25) is 0 Å². The van der Waals surface area contributed by atoms with Crippen molar-refractivity contribution in [1.29, 1.82) is 0 Å². The number of anilines is 1. The number of guanidine groups is 1. The van der Waals surface area contributed by atoms with Crippen molar-refractivity contribution in [1.82, 2.24) is 9.97 Å². The summed E-state index contributed by atoms with van der Waals surface area (Å²) in [6.45, 7) is 3.79. The van der Waals surface area contributed by atoms with Gasteiger partial charge < -0.3 is 62.6 Å². The van der Waals surface area contributed by atoms with Crippen LogP contribution < -0.4 is 27.7 Å². The maximum atomic E-state index is 10.9. The molecule has 0 radical (unpaired) electrons. The van der Waals surface area contributed by atoms with E-state index in [1.807, 2.05) is 43.5 Å². The molecule has 1 atom stereocenters. The molecule has 0 fully saturated rings. The van der Waals surface area contributed by atoms with Gasteiger partial charge in [0.1, 0.15) is 23.9 Å². The fourth-order valence-electron chi connectivity index (χ4n) is 5.23. The zero-order chi connectivity index (χ0) is 39.7. The first kappa shape index (κ1) is 46.2. The maximum Gasteiger partial charge on any atom is 0.327 e. The van der Waals surface area contributed by atoms with E-state index in [0.717, 1.165) is 51.6 Å². The molecule has 0 saturated heterocycles. The minimum absolute atomic E-state index is 0. The molecule has 4 rings (SSSR count). The first-order valence-electron chi connectivity index (χ1n) is 17.3. The van der Waals surface area contributed by atoms with Crippen LogP contribution in [0.15, 0.2) is 53.7 Å². The number of hydrogen-bond donors (Lipinski definition) is 8. The van der Waals surface area contributed by atoms with Crippen molar-refractivity contribution in [3.8, 4) is 5.75 Å². The number of nitrogens with two attached hydrogens (primary N) is 4. The van der Waals surface area contributed by atoms with E-state index in [1.54, 1.807) is 0 Å². The van der Waals surface area contributed by atoms with Crippen molar-refractivity contribution in [2.45, 2.75) is 51.5 Å². The number of nitrogens with zero attached hydrogens (tertiary/aromatic N) is 3. The van der Waals surface area contributed by atoms with Gasteiger partial charge in [0.05, 0.1) is 38.1 Å². The second kappa shape index (κ2) is 23.1. The number of rotatable bonds is 21. The Balaban J connectivity index is 0.000000694. The second-order valence-corrected chi connectivity index (χ2v) is 14.2. The number of ether oxygens (including phenoxy) is 3. The number of carbonyl (C=O) groups is 2. The fourth-order valence-corrected chi connectivity index (χ4v) is 5.59. The summed E-state index contributed by atoms with van der Waals surface area (Å²) in [5.41, 5.74) is 27.2. The molecule has 0 unspecified atom stereocenters. The average Bonchev–Trinajstić information content (AvgIpc) is 3.11. The van der Waals surface area contributed by atoms with Crippen LogP contribution in [0.25, 0.3) is 21.8 Å². The lowest BCUT2D eigenvalue weighted by Gasteiger charge is -2.12. The van der Waals surface area contributed by atoms with Crippen molar-refractivity contribution in [3.63, 3.8) is 0 Å². The van der Waals surface area contributed by atoms with Crippen LogP contribution in [0.3, 0.4) is 0 Å². The summed E-state index contributed by atoms with van der Waals surface area (Å²) in [6, 6.07) is 13.1. The number of aromatic nitrogens is 2. The third-order valence-electron chi connectivity index (χ3n) is 8.08. The van der Waals surface area contributed by atoms with E-state index >= 15 is 0 Å². The number of carboxylic acid groups (broad SMARTS) is 2. The van der Waals surface area contributed by atoms with Gasteiger partial charge in [0, 0.05) is 29.9 Å². The van der Waals surface area contributed by atoms with Crippen LogP contribution in [0.4, 0.5) is 5.82 Å². The number of aliphatic imine (C=N–C) groups is 1. The molecule has 0 saturated carbocycles. The Morgan fingerprint density at radius 3 is 2.27 bits per heavy atom. The molecule has 4 aromatic rings. The maximum absolute atomic E-state index is 10.9. The van der Waals surface area contributed by atoms with Crippen molar-refractivity contribution in [3.05, 3.63) is 70.9 Å². The van der Waals surface area contributed by atoms with E-state index < -0.39 is 25.6 Å². The summed E-state index contributed by atoms with van der Waals surface area (Å²) >= 11 is 0. The molecule has 14 N–H and O–H groups in total. The lowest BCUT2D eigenvalue weighted by atomic mass is 9.99. The molecule has 0 aliphatic heterocycles. The van der Waals surface area contributed by atoms with Crippen LogP contribution >= 0.6 is 7.60 Å². The SMILES string of the molecule is Cc1cc(OCCOCCOCCP(=O)(O)O)ccc1CCc1cnc2c(N)nc3cc(CCC(=O)O)ccc3c2c1.NC(N)=NCCC[C@H](N)C(=O)O.O. The lowest BCUT2D eigenvalue weighted by Crippen LogP contribution is -2.30. The van der Waals surface area contributed by atoms with Crippen molar-refractivity contribution >= 4 is 53.1 Å². The molecular weight excluding hydrogens is 737 g/mol. The smallest absolute Gasteiger partial charge is 0.327 e. The van der Waals surface area contributed by atoms with Gasteiger partial charge in [-0.1, -0.05) is 18.2 Å². The Hall–Kier alpha value is -4.94. The van der Waals surface area contributed by atoms with E-state index in [9.17, 15) is 14.2 Å². The highest BCUT2D eigenvalue weighted by Gasteiger charge is 2.13. The zero-order valence-electron chi connectivity index (χ0n) is 30.7. The Kier molecular flexibility index (Phi) is 19.4. The van der Waals surface area contributed by atoms with Crippen molar-refractivity contribution in [2.75, 3.05) is 51.5 Å². The van der Waals surface area contributed by atoms with Crippen LogP contribution in [0.1, 0.15) is 41.5 Å². The average molecular weight is 790 g/mol. The highest BCUT2D eigenvalue weighted by atomic mass is 31.2. The van der Waals surface area contributed by atoms with E-state index in [1.165, 1.54) is 5.56 Å². The highest BCUT2D eigenvalue weighted by molar-refractivity contribution is 7.51. The topological polar surface area (TPSA) is 334 Å². The molecule has 302 valence electrons. The van der Waals surface area contributed by atoms with Gasteiger partial charge in [0.2, 0.25) is 0 Å². The monoisotopic (exact) mass is 789 g/mol. The van der Waals surface area contributed by atoms with Gasteiger partial charge in [-0.3, -0.25) is 24.1 Å². The number of carboxylic acids is 2. The van der Waals surface area contributed by atoms with E-state index in [2.05, 4.69) is 27.1 Å². The molecular formula is C36H52N7O11P. The number of aryl methyl sites for hydroxylation is 4. The van der Waals surface area contributed by atoms with Gasteiger partial charge >= 0.3 is 19.5 Å². The fraction of sp³-hybridized carbons (Fsp3) is 0.417. The molecule has 0 aliphatic carbocycles. The van der Waals surface area contributed by atoms with Crippen molar-refractivity contribution < 1.29 is 53.8 Å². The van der Waals surface area contributed by atoms with Crippen LogP contribution in [0.5, 0.6) is 5.75 Å². The molecule has 0 amide bonds. The van der Waals surface area contributed by atoms with Crippen LogP contribution in [0, 0.1) is 6.92 Å². The number of fused-ring (bicyclic) bond motifs is 3. The molecule has 0 aliphatic rings. The lowest BCUT2D eigenvalue weighted by molar-refractivity contribution is -0.139. The molecule has 0 spiro atoms. The summed E-state index contributed by atoms with van der Waals surface area (Å²) in [4.78, 5) is 51.5. The predicted molar refractivity (Wildman–Crippen MR) is 209 cm³/mol. The highest BCUT2D eigenvalue weighted by Crippen LogP contribution is 2.33. The number of aliphatic carboxylic acids is 2. The van der Waals surface area contributed by atoms with E-state index in [4.69, 9.17) is 57.1 Å². The Labute approximate surface area is 318 Å². The standard InChI is InChI=1S/C30H36N3O8P.C6H14N4O2.H2O/c1-20-16-24(41-13-12-39-10-11-40-14-15-42(36,37)38)7-6-23(20)5-2-22-17-26-25-8-3-21(4-9-28(34)35)18-27(25)33-30(31)29(26)32-19-22;7-4(5(11)12)2-1-3-10-6(8)9;/h3,6-8,16-19H,2,4-5,9-15H2,1H3,(H2,31,33)(H,34,35)(H2,36,37,38);4H,1-3,7H2,(H,11,12)(H4,8,9,10);1H2/t;4-;/m.0./s1. The van der Waals surface area contributed by atoms with E-state index in [-0.39, 0.29) is 37.2 Å². The number of benzene rings is 2. The largest absolute Gasteiger partial charge is 0.491 e. The molecule has 2 aromatic heterocycles. The van der Waals surface area contributed by atoms with Gasteiger partial charge in [-0.2, -0.15) is 0 Å². The first-order valence-corrected chi connectivity index (χ1v) is 19.1. The zero-order valence-corrected chi connectivity index (χ0v) is 31.6. The second-order valence-electron chi connectivity index (χ2n) is 12.4. The van der Waals surface area contributed by atoms with Crippen LogP contribution in [-0.4, -0.2) is 105 Å². The number of hydrogen-bond acceptors (Lipinski definition) is 11. The van der Waals surface area contributed by atoms with Gasteiger partial charge in [-0.15, -0.1) is 0 Å². The van der Waals surface area contributed by atoms with Gasteiger partial charge in [-0.25, -0.2) is 4.98 Å². The third-order valence-corrected chi connectivity index (χ3v) is 8.85. The summed E-state index contributed by atoms with van der Waals surface area (Å²) < 4.78 is 27.1. The minimum Gasteiger partial charge on any atom is -0.491 e. The predicted octanol–water partition coefficient (Wildman–Crippen LogP) is 1.69. The van der Waals surface area contributed by atoms with E-state index in [0.29, 0.717) is 57.0 Å². The Bertz CT molecular complexity index is 1940. The number of nitrogen functional groups attached to an aromatic ring is 1. The summed E-state index contributed by atoms with van der Waals surface area (Å²) in [5.74, 6) is -0.721. The molecule has 2 heterocycles. The molecule has 2 aromatic carbocycles. The first-order chi connectivity index (χ1) is 25.6. The minimum atomic E-state index is -4.03. The van der Waals surface area contributed by atoms with Gasteiger partial charge in [-0.05, 0) is 85.5 Å². The Morgan fingerprint density at radius 2 is 1.62 bits per heavy atom. The molecule has 55 heavy (non-hydrogen) atoms. The molecule has 18 nitrogen and oxygen atoms in total. The number of pyridine rings is 2. The quantitative estimate of drug-likeness (QED) is 0.0196. The van der Waals surface area contributed by atoms with Crippen LogP contribution in [-0.2, 0) is 42.9 Å². The summed E-state index contributed by atoms with van der Waals surface area (Å²) in [5, 5.41) is 19.2. The third kappa shape index (κ3) is 17.0. The van der Waals surface area contributed by atoms with Gasteiger partial charge in [0.15, 0.2) is 11.8 Å². The molecule has 19 heteroatoms.